The highest BCUT2D eigenvalue weighted by Crippen LogP contribution is 2.20. The highest BCUT2D eigenvalue weighted by atomic mass is 79.9. The Bertz CT molecular complexity index is 670. The number of hydrogen-bond acceptors (Lipinski definition) is 4. The van der Waals surface area contributed by atoms with Crippen molar-refractivity contribution >= 4 is 28.1 Å². The normalized spacial score (nSPS) is 19.9. The van der Waals surface area contributed by atoms with Gasteiger partial charge in [-0.2, -0.15) is 0 Å². The van der Waals surface area contributed by atoms with E-state index in [0.717, 1.165) is 25.7 Å². The molecular weight excluding hydrogens is 419 g/mol. The summed E-state index contributed by atoms with van der Waals surface area (Å²) in [7, 11) is 0. The van der Waals surface area contributed by atoms with Crippen molar-refractivity contribution in [1.29, 1.82) is 0 Å². The third-order valence-electron chi connectivity index (χ3n) is 4.14. The number of benzene rings is 1. The van der Waals surface area contributed by atoms with Crippen molar-refractivity contribution in [2.75, 3.05) is 0 Å². The molecule has 2 amide bonds. The molecule has 2 N–H and O–H groups in total. The van der Waals surface area contributed by atoms with Crippen LogP contribution in [0.5, 0.6) is 0 Å². The molecule has 27 heavy (non-hydrogen) atoms. The SMILES string of the molecule is CC(C)(C)OC(=O)N[C@H]1CC[C@H](NC(=O)OCc2ccc(Br)cc2F)CC1. The van der Waals surface area contributed by atoms with Gasteiger partial charge in [0.05, 0.1) is 0 Å². The molecule has 0 saturated heterocycles. The van der Waals surface area contributed by atoms with E-state index in [0.29, 0.717) is 10.0 Å². The van der Waals surface area contributed by atoms with Crippen LogP contribution in [0.3, 0.4) is 0 Å². The topological polar surface area (TPSA) is 76.7 Å². The molecule has 8 heteroatoms. The zero-order chi connectivity index (χ0) is 20.0. The lowest BCUT2D eigenvalue weighted by Crippen LogP contribution is -2.45. The van der Waals surface area contributed by atoms with Crippen molar-refractivity contribution in [2.45, 2.75) is 70.7 Å². The van der Waals surface area contributed by atoms with Crippen LogP contribution in [0.4, 0.5) is 14.0 Å². The Kier molecular flexibility index (Phi) is 7.47. The Hall–Kier alpha value is -1.83. The summed E-state index contributed by atoms with van der Waals surface area (Å²) in [4.78, 5) is 23.7. The second kappa shape index (κ2) is 9.39. The van der Waals surface area contributed by atoms with Crippen molar-refractivity contribution < 1.29 is 23.5 Å². The molecule has 150 valence electrons. The summed E-state index contributed by atoms with van der Waals surface area (Å²) in [5, 5.41) is 5.65. The van der Waals surface area contributed by atoms with Gasteiger partial charge in [0.1, 0.15) is 18.0 Å². The van der Waals surface area contributed by atoms with Crippen molar-refractivity contribution in [3.05, 3.63) is 34.1 Å². The number of carbonyl (C=O) groups is 2. The fourth-order valence-corrected chi connectivity index (χ4v) is 3.18. The Morgan fingerprint density at radius 2 is 1.67 bits per heavy atom. The average Bonchev–Trinajstić information content (AvgIpc) is 2.54. The smallest absolute Gasteiger partial charge is 0.407 e. The largest absolute Gasteiger partial charge is 0.445 e. The zero-order valence-corrected chi connectivity index (χ0v) is 17.4. The second-order valence-corrected chi connectivity index (χ2v) is 8.57. The maximum Gasteiger partial charge on any atom is 0.407 e. The van der Waals surface area contributed by atoms with Gasteiger partial charge in [-0.05, 0) is 58.6 Å². The Morgan fingerprint density at radius 3 is 2.19 bits per heavy atom. The summed E-state index contributed by atoms with van der Waals surface area (Å²) in [6.45, 7) is 5.33. The van der Waals surface area contributed by atoms with Gasteiger partial charge >= 0.3 is 12.2 Å². The predicted molar refractivity (Wildman–Crippen MR) is 103 cm³/mol. The maximum atomic E-state index is 13.7. The molecule has 0 aromatic heterocycles. The number of amides is 2. The van der Waals surface area contributed by atoms with E-state index in [-0.39, 0.29) is 18.7 Å². The molecule has 0 atom stereocenters. The first-order valence-corrected chi connectivity index (χ1v) is 9.78. The van der Waals surface area contributed by atoms with Crippen LogP contribution >= 0.6 is 15.9 Å². The lowest BCUT2D eigenvalue weighted by molar-refractivity contribution is 0.0488. The van der Waals surface area contributed by atoms with Gasteiger partial charge in [0.15, 0.2) is 0 Å². The fraction of sp³-hybridized carbons (Fsp3) is 0.579. The second-order valence-electron chi connectivity index (χ2n) is 7.65. The monoisotopic (exact) mass is 444 g/mol. The molecule has 0 unspecified atom stereocenters. The van der Waals surface area contributed by atoms with Gasteiger partial charge in [0.2, 0.25) is 0 Å². The van der Waals surface area contributed by atoms with Gasteiger partial charge in [-0.15, -0.1) is 0 Å². The summed E-state index contributed by atoms with van der Waals surface area (Å²) in [5.74, 6) is -0.425. The van der Waals surface area contributed by atoms with Crippen LogP contribution in [0, 0.1) is 5.82 Å². The average molecular weight is 445 g/mol. The summed E-state index contributed by atoms with van der Waals surface area (Å²) in [6.07, 6.45) is 1.94. The Balaban J connectivity index is 1.69. The van der Waals surface area contributed by atoms with E-state index in [1.807, 2.05) is 20.8 Å². The summed E-state index contributed by atoms with van der Waals surface area (Å²) >= 11 is 3.18. The third kappa shape index (κ3) is 7.74. The highest BCUT2D eigenvalue weighted by Gasteiger charge is 2.25. The van der Waals surface area contributed by atoms with Gasteiger partial charge in [-0.3, -0.25) is 0 Å². The lowest BCUT2D eigenvalue weighted by atomic mass is 9.91. The van der Waals surface area contributed by atoms with Gasteiger partial charge < -0.3 is 20.1 Å². The first-order valence-electron chi connectivity index (χ1n) is 8.99. The number of carbonyl (C=O) groups excluding carboxylic acids is 2. The van der Waals surface area contributed by atoms with E-state index in [9.17, 15) is 14.0 Å². The molecule has 1 aromatic rings. The van der Waals surface area contributed by atoms with Crippen LogP contribution in [0.15, 0.2) is 22.7 Å². The minimum atomic E-state index is -0.569. The molecule has 1 fully saturated rings. The molecule has 0 heterocycles. The number of nitrogens with one attached hydrogen (secondary N) is 2. The molecule has 0 radical (unpaired) electrons. The minimum absolute atomic E-state index is 0.0241. The standard InChI is InChI=1S/C19H26BrFN2O4/c1-19(2,3)27-18(25)23-15-8-6-14(7-9-15)22-17(24)26-11-12-4-5-13(20)10-16(12)21/h4-5,10,14-15H,6-9,11H2,1-3H3,(H,22,24)(H,23,25)/t14-,15-. The molecule has 6 nitrogen and oxygen atoms in total. The zero-order valence-electron chi connectivity index (χ0n) is 15.8. The molecule has 0 bridgehead atoms. The van der Waals surface area contributed by atoms with Gasteiger partial charge in [-0.25, -0.2) is 14.0 Å². The molecule has 0 spiro atoms. The van der Waals surface area contributed by atoms with Crippen LogP contribution in [-0.2, 0) is 16.1 Å². The van der Waals surface area contributed by atoms with Gasteiger partial charge in [-0.1, -0.05) is 22.0 Å². The molecule has 1 saturated carbocycles. The lowest BCUT2D eigenvalue weighted by Gasteiger charge is -2.30. The molecule has 1 aliphatic rings. The molecule has 1 aromatic carbocycles. The fourth-order valence-electron chi connectivity index (χ4n) is 2.85. The number of hydrogen-bond donors (Lipinski definition) is 2. The van der Waals surface area contributed by atoms with Crippen molar-refractivity contribution in [2.24, 2.45) is 0 Å². The molecule has 0 aliphatic heterocycles. The summed E-state index contributed by atoms with van der Waals surface area (Å²) in [5.41, 5.74) is -0.209. The van der Waals surface area contributed by atoms with Crippen molar-refractivity contribution in [3.8, 4) is 0 Å². The van der Waals surface area contributed by atoms with E-state index in [1.165, 1.54) is 6.07 Å². The number of halogens is 2. The predicted octanol–water partition coefficient (Wildman–Crippen LogP) is 4.65. The summed E-state index contributed by atoms with van der Waals surface area (Å²) < 4.78 is 24.7. The van der Waals surface area contributed by atoms with Crippen LogP contribution in [0.2, 0.25) is 0 Å². The van der Waals surface area contributed by atoms with Gasteiger partial charge in [0.25, 0.3) is 0 Å². The number of ether oxygens (including phenoxy) is 2. The Labute approximate surface area is 167 Å². The van der Waals surface area contributed by atoms with Crippen LogP contribution in [-0.4, -0.2) is 29.9 Å². The van der Waals surface area contributed by atoms with Crippen molar-refractivity contribution in [1.82, 2.24) is 10.6 Å². The first kappa shape index (κ1) is 21.5. The van der Waals surface area contributed by atoms with E-state index < -0.39 is 23.6 Å². The Morgan fingerprint density at radius 1 is 1.11 bits per heavy atom. The van der Waals surface area contributed by atoms with Crippen LogP contribution in [0.25, 0.3) is 0 Å². The number of rotatable bonds is 4. The van der Waals surface area contributed by atoms with E-state index in [4.69, 9.17) is 9.47 Å². The van der Waals surface area contributed by atoms with E-state index in [2.05, 4.69) is 26.6 Å². The van der Waals surface area contributed by atoms with Crippen molar-refractivity contribution in [3.63, 3.8) is 0 Å². The molecular formula is C19H26BrFN2O4. The van der Waals surface area contributed by atoms with Crippen LogP contribution < -0.4 is 10.6 Å². The first-order chi connectivity index (χ1) is 12.6. The third-order valence-corrected chi connectivity index (χ3v) is 4.64. The molecule has 1 aliphatic carbocycles. The number of alkyl carbamates (subject to hydrolysis) is 2. The van der Waals surface area contributed by atoms with Crippen LogP contribution in [0.1, 0.15) is 52.0 Å². The minimum Gasteiger partial charge on any atom is -0.445 e. The van der Waals surface area contributed by atoms with E-state index >= 15 is 0 Å². The maximum absolute atomic E-state index is 13.7. The van der Waals surface area contributed by atoms with E-state index in [1.54, 1.807) is 12.1 Å². The summed E-state index contributed by atoms with van der Waals surface area (Å²) in [6, 6.07) is 4.60. The van der Waals surface area contributed by atoms with Gasteiger partial charge in [0, 0.05) is 22.1 Å². The molecule has 2 rings (SSSR count). The highest BCUT2D eigenvalue weighted by molar-refractivity contribution is 9.10. The quantitative estimate of drug-likeness (QED) is 0.708.